The van der Waals surface area contributed by atoms with Gasteiger partial charge in [0.25, 0.3) is 10.0 Å². The van der Waals surface area contributed by atoms with Gasteiger partial charge in [-0.15, -0.1) is 0 Å². The van der Waals surface area contributed by atoms with Gasteiger partial charge in [0.05, 0.1) is 5.69 Å². The topological polar surface area (TPSA) is 96.6 Å². The van der Waals surface area contributed by atoms with Gasteiger partial charge in [0.1, 0.15) is 28.6 Å². The highest BCUT2D eigenvalue weighted by atomic mass is 32.2. The first kappa shape index (κ1) is 21.1. The molecule has 0 saturated heterocycles. The second kappa shape index (κ2) is 7.96. The molecule has 0 fully saturated rings. The molecule has 0 bridgehead atoms. The van der Waals surface area contributed by atoms with Gasteiger partial charge in [-0.05, 0) is 35.9 Å². The van der Waals surface area contributed by atoms with Crippen molar-refractivity contribution < 1.29 is 21.6 Å². The predicted octanol–water partition coefficient (Wildman–Crippen LogP) is 4.52. The predicted molar refractivity (Wildman–Crippen MR) is 119 cm³/mol. The highest BCUT2D eigenvalue weighted by Crippen LogP contribution is 2.38. The van der Waals surface area contributed by atoms with Crippen molar-refractivity contribution in [3.8, 4) is 0 Å². The summed E-state index contributed by atoms with van der Waals surface area (Å²) in [5.41, 5.74) is 1.52. The van der Waals surface area contributed by atoms with Crippen LogP contribution in [0.1, 0.15) is 29.9 Å². The fraction of sp³-hybridized carbons (Fsp3) is 0.130. The van der Waals surface area contributed by atoms with Gasteiger partial charge in [0, 0.05) is 11.5 Å². The number of fused-ring (bicyclic) bond motifs is 2. The Balaban J connectivity index is 1.54. The quantitative estimate of drug-likeness (QED) is 0.459. The number of nitrogens with zero attached hydrogens (tertiary/aromatic N) is 2. The maximum atomic E-state index is 15.0. The van der Waals surface area contributed by atoms with Crippen LogP contribution in [0.3, 0.4) is 0 Å². The molecule has 5 rings (SSSR count). The summed E-state index contributed by atoms with van der Waals surface area (Å²) in [7, 11) is -4.04. The molecule has 2 N–H and O–H groups in total. The summed E-state index contributed by atoms with van der Waals surface area (Å²) in [6.07, 6.45) is 0. The lowest BCUT2D eigenvalue weighted by Crippen LogP contribution is -2.41. The SMILES string of the molecule is C[C@@H](c1ccccc1F)c1c(F)ccc2c1NC(=NCc1nc3ccccc3o1)NS2(=O)=O. The van der Waals surface area contributed by atoms with Crippen molar-refractivity contribution in [3.63, 3.8) is 0 Å². The molecule has 7 nitrogen and oxygen atoms in total. The summed E-state index contributed by atoms with van der Waals surface area (Å²) >= 11 is 0. The molecule has 10 heteroatoms. The van der Waals surface area contributed by atoms with Crippen LogP contribution in [0.15, 0.2) is 75.0 Å². The molecule has 1 aliphatic rings. The molecule has 0 saturated carbocycles. The normalized spacial score (nSPS) is 16.8. The van der Waals surface area contributed by atoms with Crippen LogP contribution in [-0.2, 0) is 16.6 Å². The lowest BCUT2D eigenvalue weighted by atomic mass is 9.91. The number of anilines is 1. The zero-order chi connectivity index (χ0) is 23.2. The third-order valence-electron chi connectivity index (χ3n) is 5.43. The maximum Gasteiger partial charge on any atom is 0.266 e. The number of nitrogens with one attached hydrogen (secondary N) is 2. The van der Waals surface area contributed by atoms with Crippen LogP contribution < -0.4 is 10.0 Å². The minimum atomic E-state index is -4.04. The van der Waals surface area contributed by atoms with Crippen LogP contribution in [0.4, 0.5) is 14.5 Å². The van der Waals surface area contributed by atoms with E-state index in [0.717, 1.165) is 12.1 Å². The van der Waals surface area contributed by atoms with Crippen molar-refractivity contribution >= 4 is 32.8 Å². The molecular weight excluding hydrogens is 450 g/mol. The van der Waals surface area contributed by atoms with Gasteiger partial charge in [0.15, 0.2) is 5.58 Å². The molecule has 33 heavy (non-hydrogen) atoms. The smallest absolute Gasteiger partial charge is 0.266 e. The number of aromatic nitrogens is 1. The van der Waals surface area contributed by atoms with Crippen LogP contribution in [0.5, 0.6) is 0 Å². The summed E-state index contributed by atoms with van der Waals surface area (Å²) in [4.78, 5) is 8.38. The third-order valence-corrected chi connectivity index (χ3v) is 6.81. The van der Waals surface area contributed by atoms with Gasteiger partial charge in [-0.25, -0.2) is 31.9 Å². The molecule has 1 aliphatic heterocycles. The number of hydrogen-bond acceptors (Lipinski definition) is 5. The number of sulfonamides is 1. The lowest BCUT2D eigenvalue weighted by molar-refractivity contribution is 0.533. The van der Waals surface area contributed by atoms with Crippen molar-refractivity contribution in [2.75, 3.05) is 5.32 Å². The van der Waals surface area contributed by atoms with E-state index in [1.165, 1.54) is 18.2 Å². The second-order valence-corrected chi connectivity index (χ2v) is 9.20. The Kier molecular flexibility index (Phi) is 5.09. The van der Waals surface area contributed by atoms with Crippen molar-refractivity contribution in [1.82, 2.24) is 9.71 Å². The molecule has 0 unspecified atom stereocenters. The molecular formula is C23H18F2N4O3S. The van der Waals surface area contributed by atoms with Gasteiger partial charge in [-0.2, -0.15) is 0 Å². The van der Waals surface area contributed by atoms with E-state index in [4.69, 9.17) is 4.42 Å². The van der Waals surface area contributed by atoms with Crippen molar-refractivity contribution in [1.29, 1.82) is 0 Å². The Labute approximate surface area is 188 Å². The Morgan fingerprint density at radius 1 is 1.03 bits per heavy atom. The third kappa shape index (κ3) is 3.82. The molecule has 3 aromatic carbocycles. The van der Waals surface area contributed by atoms with Crippen LogP contribution in [0.25, 0.3) is 11.1 Å². The standard InChI is InChI=1S/C23H18F2N4O3S/c1-13(14-6-2-3-7-15(14)24)21-16(25)10-11-19-22(21)28-23(29-33(19,30)31)26-12-20-27-17-8-4-5-9-18(17)32-20/h2-11,13H,12H2,1H3,(H2,26,28,29)/t13-/m0/s1. The summed E-state index contributed by atoms with van der Waals surface area (Å²) in [5.74, 6) is -1.76. The first-order valence-corrected chi connectivity index (χ1v) is 11.6. The van der Waals surface area contributed by atoms with Gasteiger partial charge in [-0.1, -0.05) is 37.3 Å². The number of halogens is 2. The summed E-state index contributed by atoms with van der Waals surface area (Å²) in [5, 5.41) is 2.86. The first-order valence-electron chi connectivity index (χ1n) is 10.1. The Morgan fingerprint density at radius 2 is 1.79 bits per heavy atom. The number of aliphatic imine (C=N–C) groups is 1. The number of guanidine groups is 1. The highest BCUT2D eigenvalue weighted by molar-refractivity contribution is 7.90. The summed E-state index contributed by atoms with van der Waals surface area (Å²) < 4.78 is 63.0. The van der Waals surface area contributed by atoms with E-state index in [2.05, 4.69) is 20.0 Å². The van der Waals surface area contributed by atoms with E-state index in [1.807, 2.05) is 12.1 Å². The first-order chi connectivity index (χ1) is 15.8. The summed E-state index contributed by atoms with van der Waals surface area (Å²) in [6, 6.07) is 15.4. The molecule has 1 aromatic heterocycles. The highest BCUT2D eigenvalue weighted by Gasteiger charge is 2.32. The summed E-state index contributed by atoms with van der Waals surface area (Å²) in [6.45, 7) is 1.56. The minimum absolute atomic E-state index is 0.0146. The van der Waals surface area contributed by atoms with Gasteiger partial charge >= 0.3 is 0 Å². The minimum Gasteiger partial charge on any atom is -0.439 e. The molecule has 0 radical (unpaired) electrons. The molecule has 1 atom stereocenters. The van der Waals surface area contributed by atoms with Crippen LogP contribution in [0, 0.1) is 11.6 Å². The fourth-order valence-electron chi connectivity index (χ4n) is 3.86. The Morgan fingerprint density at radius 3 is 2.58 bits per heavy atom. The number of benzene rings is 3. The maximum absolute atomic E-state index is 15.0. The molecule has 0 aliphatic carbocycles. The number of para-hydroxylation sites is 2. The average molecular weight is 468 g/mol. The molecule has 0 amide bonds. The van der Waals surface area contributed by atoms with Gasteiger partial charge in [-0.3, -0.25) is 0 Å². The van der Waals surface area contributed by atoms with Gasteiger partial charge < -0.3 is 9.73 Å². The monoisotopic (exact) mass is 468 g/mol. The molecule has 0 spiro atoms. The molecule has 168 valence electrons. The zero-order valence-corrected chi connectivity index (χ0v) is 18.2. The van der Waals surface area contributed by atoms with Gasteiger partial charge in [0.2, 0.25) is 11.9 Å². The Bertz CT molecular complexity index is 1480. The van der Waals surface area contributed by atoms with E-state index in [1.54, 1.807) is 25.1 Å². The Hall–Kier alpha value is -3.79. The van der Waals surface area contributed by atoms with Crippen molar-refractivity contribution in [2.24, 2.45) is 4.99 Å². The average Bonchev–Trinajstić information content (AvgIpc) is 3.20. The second-order valence-electron chi connectivity index (χ2n) is 7.55. The van der Waals surface area contributed by atoms with E-state index in [-0.39, 0.29) is 40.1 Å². The van der Waals surface area contributed by atoms with Crippen molar-refractivity contribution in [3.05, 3.63) is 89.3 Å². The molecule has 2 heterocycles. The number of rotatable bonds is 4. The lowest BCUT2D eigenvalue weighted by Gasteiger charge is -2.26. The fourth-order valence-corrected chi connectivity index (χ4v) is 5.02. The van der Waals surface area contributed by atoms with Crippen LogP contribution in [-0.4, -0.2) is 19.4 Å². The zero-order valence-electron chi connectivity index (χ0n) is 17.3. The van der Waals surface area contributed by atoms with E-state index in [9.17, 15) is 17.2 Å². The van der Waals surface area contributed by atoms with Crippen molar-refractivity contribution in [2.45, 2.75) is 24.3 Å². The van der Waals surface area contributed by atoms with E-state index >= 15 is 0 Å². The van der Waals surface area contributed by atoms with E-state index in [0.29, 0.717) is 11.1 Å². The van der Waals surface area contributed by atoms with Crippen LogP contribution in [0.2, 0.25) is 0 Å². The number of hydrogen-bond donors (Lipinski definition) is 2. The van der Waals surface area contributed by atoms with Crippen LogP contribution >= 0.6 is 0 Å². The van der Waals surface area contributed by atoms with E-state index < -0.39 is 27.6 Å². The molecule has 4 aromatic rings. The number of oxazole rings is 1. The largest absolute Gasteiger partial charge is 0.439 e.